The smallest absolute Gasteiger partial charge is 0.326 e. The second kappa shape index (κ2) is 10.3. The van der Waals surface area contributed by atoms with E-state index in [1.165, 1.54) is 16.7 Å². The van der Waals surface area contributed by atoms with Crippen LogP contribution in [-0.4, -0.2) is 34.2 Å². The minimum absolute atomic E-state index is 0.129. The number of unbranched alkanes of at least 4 members (excludes halogenated alkanes) is 2. The highest BCUT2D eigenvalue weighted by molar-refractivity contribution is 8.26. The molecule has 1 aliphatic heterocycles. The lowest BCUT2D eigenvalue weighted by Gasteiger charge is -2.13. The molecule has 26 heavy (non-hydrogen) atoms. The molecule has 0 spiro atoms. The molecule has 0 bridgehead atoms. The van der Waals surface area contributed by atoms with Crippen LogP contribution >= 0.6 is 24.0 Å². The molecule has 1 amide bonds. The zero-order valence-electron chi connectivity index (χ0n) is 15.1. The SMILES string of the molecule is CCCCCOC(=O)CN1C(=O)C(=CC(C)=Cc2ccccc2)SC1=S. The molecule has 0 saturated carbocycles. The summed E-state index contributed by atoms with van der Waals surface area (Å²) in [6.07, 6.45) is 6.72. The number of nitrogens with zero attached hydrogens (tertiary/aromatic N) is 1. The van der Waals surface area contributed by atoms with Crippen molar-refractivity contribution in [2.24, 2.45) is 0 Å². The maximum Gasteiger partial charge on any atom is 0.326 e. The van der Waals surface area contributed by atoms with Gasteiger partial charge in [0.2, 0.25) is 0 Å². The Morgan fingerprint density at radius 3 is 2.69 bits per heavy atom. The molecule has 138 valence electrons. The molecule has 1 saturated heterocycles. The molecule has 1 aromatic rings. The second-order valence-electron chi connectivity index (χ2n) is 5.99. The molecule has 0 unspecified atom stereocenters. The maximum absolute atomic E-state index is 12.5. The van der Waals surface area contributed by atoms with Crippen molar-refractivity contribution in [1.29, 1.82) is 0 Å². The fourth-order valence-corrected chi connectivity index (χ4v) is 3.71. The number of hydrogen-bond donors (Lipinski definition) is 0. The summed E-state index contributed by atoms with van der Waals surface area (Å²) in [6.45, 7) is 4.27. The minimum atomic E-state index is -0.421. The van der Waals surface area contributed by atoms with Gasteiger partial charge in [-0.25, -0.2) is 0 Å². The summed E-state index contributed by atoms with van der Waals surface area (Å²) in [4.78, 5) is 26.3. The van der Waals surface area contributed by atoms with E-state index in [1.54, 1.807) is 6.08 Å². The van der Waals surface area contributed by atoms with Gasteiger partial charge in [0.05, 0.1) is 11.5 Å². The van der Waals surface area contributed by atoms with Crippen LogP contribution < -0.4 is 0 Å². The van der Waals surface area contributed by atoms with Crippen molar-refractivity contribution < 1.29 is 14.3 Å². The number of thiocarbonyl (C=S) groups is 1. The van der Waals surface area contributed by atoms with E-state index in [-0.39, 0.29) is 12.5 Å². The number of allylic oxidation sites excluding steroid dienone is 2. The van der Waals surface area contributed by atoms with Gasteiger partial charge >= 0.3 is 5.97 Å². The van der Waals surface area contributed by atoms with Crippen molar-refractivity contribution in [3.05, 3.63) is 52.4 Å². The molecule has 0 atom stereocenters. The number of rotatable bonds is 8. The Morgan fingerprint density at radius 2 is 2.00 bits per heavy atom. The van der Waals surface area contributed by atoms with Gasteiger partial charge < -0.3 is 4.74 Å². The van der Waals surface area contributed by atoms with Crippen LogP contribution in [0, 0.1) is 0 Å². The molecule has 0 N–H and O–H groups in total. The van der Waals surface area contributed by atoms with Crippen LogP contribution in [0.2, 0.25) is 0 Å². The van der Waals surface area contributed by atoms with Gasteiger partial charge in [-0.05, 0) is 30.6 Å². The fraction of sp³-hybridized carbons (Fsp3) is 0.350. The van der Waals surface area contributed by atoms with E-state index in [4.69, 9.17) is 17.0 Å². The number of hydrogen-bond acceptors (Lipinski definition) is 5. The third-order valence-electron chi connectivity index (χ3n) is 3.72. The van der Waals surface area contributed by atoms with Crippen LogP contribution in [0.4, 0.5) is 0 Å². The van der Waals surface area contributed by atoms with E-state index < -0.39 is 5.97 Å². The number of esters is 1. The second-order valence-corrected chi connectivity index (χ2v) is 7.67. The Morgan fingerprint density at radius 1 is 1.27 bits per heavy atom. The van der Waals surface area contributed by atoms with Crippen LogP contribution in [0.5, 0.6) is 0 Å². The maximum atomic E-state index is 12.5. The minimum Gasteiger partial charge on any atom is -0.464 e. The summed E-state index contributed by atoms with van der Waals surface area (Å²) in [7, 11) is 0. The first kappa shape index (κ1) is 20.4. The van der Waals surface area contributed by atoms with Gasteiger partial charge in [-0.1, -0.05) is 80.2 Å². The van der Waals surface area contributed by atoms with Gasteiger partial charge in [0.15, 0.2) is 0 Å². The average Bonchev–Trinajstić information content (AvgIpc) is 2.87. The summed E-state index contributed by atoms with van der Waals surface area (Å²) in [5.41, 5.74) is 2.01. The van der Waals surface area contributed by atoms with Gasteiger partial charge in [0, 0.05) is 0 Å². The first-order valence-electron chi connectivity index (χ1n) is 8.65. The lowest BCUT2D eigenvalue weighted by molar-refractivity contribution is -0.146. The van der Waals surface area contributed by atoms with Crippen LogP contribution in [0.3, 0.4) is 0 Å². The van der Waals surface area contributed by atoms with Crippen LogP contribution in [0.25, 0.3) is 6.08 Å². The Hall–Kier alpha value is -1.92. The largest absolute Gasteiger partial charge is 0.464 e. The number of carbonyl (C=O) groups is 2. The van der Waals surface area contributed by atoms with E-state index in [2.05, 4.69) is 6.92 Å². The Kier molecular flexibility index (Phi) is 8.06. The monoisotopic (exact) mass is 389 g/mol. The number of ether oxygens (including phenoxy) is 1. The summed E-state index contributed by atoms with van der Waals surface area (Å²) < 4.78 is 5.55. The van der Waals surface area contributed by atoms with Crippen molar-refractivity contribution in [1.82, 2.24) is 4.90 Å². The molecule has 1 fully saturated rings. The average molecular weight is 390 g/mol. The van der Waals surface area contributed by atoms with Crippen LogP contribution in [0.1, 0.15) is 38.7 Å². The highest BCUT2D eigenvalue weighted by atomic mass is 32.2. The highest BCUT2D eigenvalue weighted by Gasteiger charge is 2.33. The molecule has 2 rings (SSSR count). The van der Waals surface area contributed by atoms with Crippen molar-refractivity contribution in [2.45, 2.75) is 33.1 Å². The lowest BCUT2D eigenvalue weighted by atomic mass is 10.1. The molecule has 6 heteroatoms. The summed E-state index contributed by atoms with van der Waals surface area (Å²) >= 11 is 6.46. The van der Waals surface area contributed by atoms with Crippen LogP contribution in [-0.2, 0) is 14.3 Å². The van der Waals surface area contributed by atoms with E-state index in [1.807, 2.05) is 43.3 Å². The zero-order valence-corrected chi connectivity index (χ0v) is 16.7. The summed E-state index contributed by atoms with van der Waals surface area (Å²) in [5, 5.41) is 0. The Balaban J connectivity index is 1.97. The standard InChI is InChI=1S/C20H23NO3S2/c1-3-4-8-11-24-18(22)14-21-19(23)17(26-20(21)25)13-15(2)12-16-9-6-5-7-10-16/h5-7,9-10,12-13H,3-4,8,11,14H2,1-2H3. The molecular formula is C20H23NO3S2. The number of amides is 1. The van der Waals surface area contributed by atoms with Gasteiger partial charge in [-0.3, -0.25) is 14.5 Å². The predicted octanol–water partition coefficient (Wildman–Crippen LogP) is 4.57. The predicted molar refractivity (Wildman–Crippen MR) is 111 cm³/mol. The van der Waals surface area contributed by atoms with Gasteiger partial charge in [-0.2, -0.15) is 0 Å². The van der Waals surface area contributed by atoms with Crippen molar-refractivity contribution in [2.75, 3.05) is 13.2 Å². The van der Waals surface area contributed by atoms with E-state index >= 15 is 0 Å². The zero-order chi connectivity index (χ0) is 18.9. The third kappa shape index (κ3) is 6.11. The first-order chi connectivity index (χ1) is 12.5. The van der Waals surface area contributed by atoms with Gasteiger partial charge in [-0.15, -0.1) is 0 Å². The number of carbonyl (C=O) groups excluding carboxylic acids is 2. The number of benzene rings is 1. The first-order valence-corrected chi connectivity index (χ1v) is 9.88. The molecule has 0 aromatic heterocycles. The van der Waals surface area contributed by atoms with Gasteiger partial charge in [0.1, 0.15) is 10.9 Å². The highest BCUT2D eigenvalue weighted by Crippen LogP contribution is 2.31. The molecular weight excluding hydrogens is 366 g/mol. The summed E-state index contributed by atoms with van der Waals surface area (Å²) in [6, 6.07) is 9.88. The molecule has 0 aliphatic carbocycles. The molecule has 0 radical (unpaired) electrons. The van der Waals surface area contributed by atoms with Crippen molar-refractivity contribution in [3.63, 3.8) is 0 Å². The van der Waals surface area contributed by atoms with Crippen molar-refractivity contribution in [3.8, 4) is 0 Å². The molecule has 4 nitrogen and oxygen atoms in total. The fourth-order valence-electron chi connectivity index (χ4n) is 2.41. The quantitative estimate of drug-likeness (QED) is 0.282. The van der Waals surface area contributed by atoms with E-state index in [9.17, 15) is 9.59 Å². The van der Waals surface area contributed by atoms with Gasteiger partial charge in [0.25, 0.3) is 5.91 Å². The van der Waals surface area contributed by atoms with E-state index in [0.29, 0.717) is 15.8 Å². The Bertz CT molecular complexity index is 726. The summed E-state index contributed by atoms with van der Waals surface area (Å²) in [5.74, 6) is -0.665. The molecule has 1 heterocycles. The Labute approximate surface area is 164 Å². The lowest BCUT2D eigenvalue weighted by Crippen LogP contribution is -2.34. The topological polar surface area (TPSA) is 46.6 Å². The molecule has 1 aliphatic rings. The number of thioether (sulfide) groups is 1. The van der Waals surface area contributed by atoms with Crippen molar-refractivity contribution >= 4 is 46.3 Å². The third-order valence-corrected chi connectivity index (χ3v) is 5.10. The normalized spacial score (nSPS) is 16.5. The molecule has 1 aromatic carbocycles. The van der Waals surface area contributed by atoms with Crippen LogP contribution in [0.15, 0.2) is 46.9 Å². The van der Waals surface area contributed by atoms with E-state index in [0.717, 1.165) is 30.4 Å².